The predicted octanol–water partition coefficient (Wildman–Crippen LogP) is 4.92. The molecule has 46 heavy (non-hydrogen) atoms. The van der Waals surface area contributed by atoms with Crippen molar-refractivity contribution in [3.05, 3.63) is 54.3 Å². The first-order chi connectivity index (χ1) is 21.3. The van der Waals surface area contributed by atoms with Gasteiger partial charge >= 0.3 is 0 Å². The molecule has 0 bridgehead atoms. The van der Waals surface area contributed by atoms with Gasteiger partial charge in [-0.25, -0.2) is 0 Å². The second-order valence-electron chi connectivity index (χ2n) is 10.9. The summed E-state index contributed by atoms with van der Waals surface area (Å²) < 4.78 is 19.1. The number of hydrogen-bond donors (Lipinski definition) is 0. The van der Waals surface area contributed by atoms with Gasteiger partial charge in [0, 0.05) is 16.8 Å². The smallest absolute Gasteiger partial charge is 0.281 e. The van der Waals surface area contributed by atoms with Gasteiger partial charge in [-0.2, -0.15) is 0 Å². The Labute approximate surface area is 289 Å². The van der Waals surface area contributed by atoms with Gasteiger partial charge in [-0.05, 0) is 87.4 Å². The largest absolute Gasteiger partial charge is 0.545 e. The van der Waals surface area contributed by atoms with Crippen LogP contribution in [0.2, 0.25) is 37.8 Å². The number of rotatable bonds is 6. The molecule has 2 rings (SSSR count). The van der Waals surface area contributed by atoms with E-state index in [0.29, 0.717) is 6.61 Å². The normalized spacial score (nSPS) is 14.2. The van der Waals surface area contributed by atoms with Crippen LogP contribution in [0.3, 0.4) is 0 Å². The molecule has 9 nitrogen and oxygen atoms in total. The molecule has 0 aromatic heterocycles. The summed E-state index contributed by atoms with van der Waals surface area (Å²) in [5, 5.41) is 0.0868. The summed E-state index contributed by atoms with van der Waals surface area (Å²) in [6.45, 7) is 45.3. The summed E-state index contributed by atoms with van der Waals surface area (Å²) >= 11 is 0. The van der Waals surface area contributed by atoms with Gasteiger partial charge in [0.1, 0.15) is 18.1 Å². The average molecular weight is 708 g/mol. The number of benzene rings is 1. The Balaban J connectivity index is -0.000000275. The van der Waals surface area contributed by atoms with Gasteiger partial charge in [0.15, 0.2) is 13.9 Å². The zero-order valence-corrected chi connectivity index (χ0v) is 30.5. The predicted molar refractivity (Wildman–Crippen MR) is 178 cm³/mol. The van der Waals surface area contributed by atoms with Crippen molar-refractivity contribution in [2.24, 2.45) is 0 Å². The summed E-state index contributed by atoms with van der Waals surface area (Å²) in [6.07, 6.45) is 8.68. The summed E-state index contributed by atoms with van der Waals surface area (Å²) in [5.41, 5.74) is -0.685. The van der Waals surface area contributed by atoms with Gasteiger partial charge in [-0.1, -0.05) is 62.7 Å². The molecule has 0 saturated heterocycles. The molecule has 0 aliphatic heterocycles. The van der Waals surface area contributed by atoms with Gasteiger partial charge in [-0.15, -0.1) is 0 Å². The van der Waals surface area contributed by atoms with E-state index in [2.05, 4.69) is 124 Å². The molecule has 1 aliphatic rings. The molecule has 1 atom stereocenters. The van der Waals surface area contributed by atoms with Crippen molar-refractivity contribution >= 4 is 57.4 Å². The summed E-state index contributed by atoms with van der Waals surface area (Å²) in [7, 11) is -3.88. The van der Waals surface area contributed by atoms with E-state index in [-0.39, 0.29) is 21.8 Å². The van der Waals surface area contributed by atoms with E-state index in [9.17, 15) is 0 Å². The van der Waals surface area contributed by atoms with Crippen molar-refractivity contribution in [2.45, 2.75) is 83.4 Å². The molecule has 12 heteroatoms. The fourth-order valence-electron chi connectivity index (χ4n) is 3.14. The SMILES string of the molecule is CC(C)(C)[Si](C)(C)OC1(C#C/C=C\C#CCOc2ccccc2)CCCC=C1O[Si](C)(C)C.[C]=O.[C]=O.[C]=O.[C]=O.[C]=O.[C]=O.[Co]. The molecule has 0 spiro atoms. The Bertz CT molecular complexity index is 1060. The van der Waals surface area contributed by atoms with E-state index in [4.69, 9.17) is 42.4 Å². The molecule has 1 unspecified atom stereocenters. The first kappa shape index (κ1) is 54.8. The fourth-order valence-corrected chi connectivity index (χ4v) is 5.48. The molecule has 1 aromatic carbocycles. The minimum atomic E-state index is -2.08. The van der Waals surface area contributed by atoms with E-state index < -0.39 is 22.2 Å². The zero-order chi connectivity index (χ0) is 36.6. The molecule has 1 aliphatic carbocycles. The van der Waals surface area contributed by atoms with Crippen LogP contribution in [0.15, 0.2) is 54.3 Å². The molecular formula is C34H40CoO9Si2. The van der Waals surface area contributed by atoms with Gasteiger partial charge in [0.25, 0.3) is 40.7 Å². The minimum absolute atomic E-state index is 0. The summed E-state index contributed by atoms with van der Waals surface area (Å²) in [4.78, 5) is 45.0. The van der Waals surface area contributed by atoms with E-state index in [0.717, 1.165) is 30.8 Å². The monoisotopic (exact) mass is 707 g/mol. The number of hydrogen-bond acceptors (Lipinski definition) is 9. The third kappa shape index (κ3) is 24.6. The topological polar surface area (TPSA) is 130 Å². The molecule has 0 amide bonds. The molecule has 0 fully saturated rings. The van der Waals surface area contributed by atoms with Crippen LogP contribution >= 0.6 is 0 Å². The Kier molecular flexibility index (Phi) is 39.0. The molecule has 0 saturated carbocycles. The van der Waals surface area contributed by atoms with Crippen molar-refractivity contribution in [1.82, 2.24) is 0 Å². The number of allylic oxidation sites excluding steroid dienone is 3. The van der Waals surface area contributed by atoms with Crippen molar-refractivity contribution in [3.63, 3.8) is 0 Å². The van der Waals surface area contributed by atoms with Crippen LogP contribution in [-0.2, 0) is 54.4 Å². The molecule has 0 N–H and O–H groups in total. The van der Waals surface area contributed by atoms with Crippen LogP contribution in [0, 0.1) is 23.7 Å². The van der Waals surface area contributed by atoms with Gasteiger partial charge < -0.3 is 13.6 Å². The quantitative estimate of drug-likeness (QED) is 0.299. The number of carbonyl (C=O) groups excluding carboxylic acids is 6. The first-order valence-electron chi connectivity index (χ1n) is 13.0. The van der Waals surface area contributed by atoms with Crippen LogP contribution in [0.5, 0.6) is 5.75 Å². The molecule has 13 radical (unpaired) electrons. The molecular weight excluding hydrogens is 667 g/mol. The van der Waals surface area contributed by atoms with Gasteiger partial charge in [0.2, 0.25) is 8.32 Å². The second-order valence-corrected chi connectivity index (χ2v) is 20.0. The Hall–Kier alpha value is -3.66. The molecule has 0 heterocycles. The maximum atomic E-state index is 7.50. The third-order valence-electron chi connectivity index (χ3n) is 5.79. The standard InChI is InChI=1S/C28H40O3Si2.6CO.Co/c1-27(2,3)33(7,8)31-28(23-17-15-21-26(28)30-32(4,5)6)22-16-10-9-11-18-24-29-25-19-13-12-14-20-25;6*1-2;/h9-10,12-14,19-21H,15,17,23-24H2,1-8H3;;;;;;;/b10-9-;;;;;;;. The van der Waals surface area contributed by atoms with E-state index in [1.165, 1.54) is 0 Å². The Morgan fingerprint density at radius 1 is 0.804 bits per heavy atom. The maximum absolute atomic E-state index is 7.50. The van der Waals surface area contributed by atoms with Gasteiger partial charge in [0.05, 0.1) is 0 Å². The third-order valence-corrected chi connectivity index (χ3v) is 11.1. The van der Waals surface area contributed by atoms with Crippen LogP contribution in [0.1, 0.15) is 40.0 Å². The van der Waals surface area contributed by atoms with Crippen LogP contribution in [-0.4, -0.2) is 69.6 Å². The van der Waals surface area contributed by atoms with E-state index in [1.54, 1.807) is 12.2 Å². The average Bonchev–Trinajstić information content (AvgIpc) is 3.04. The second kappa shape index (κ2) is 32.7. The van der Waals surface area contributed by atoms with Crippen LogP contribution < -0.4 is 4.74 Å². The molecule has 247 valence electrons. The summed E-state index contributed by atoms with van der Waals surface area (Å²) in [6, 6.07) is 9.69. The number of ether oxygens (including phenoxy) is 1. The first-order valence-corrected chi connectivity index (χ1v) is 19.3. The van der Waals surface area contributed by atoms with Crippen molar-refractivity contribution in [2.75, 3.05) is 6.61 Å². The van der Waals surface area contributed by atoms with Gasteiger partial charge in [-0.3, -0.25) is 28.8 Å². The fraction of sp³-hybridized carbons (Fsp3) is 0.412. The molecule has 1 aromatic rings. The maximum Gasteiger partial charge on any atom is 0.281 e. The van der Waals surface area contributed by atoms with Crippen molar-refractivity contribution in [3.8, 4) is 29.4 Å². The Morgan fingerprint density at radius 2 is 1.28 bits per heavy atom. The minimum Gasteiger partial charge on any atom is -0.545 e. The number of para-hydroxylation sites is 1. The van der Waals surface area contributed by atoms with Crippen molar-refractivity contribution < 1.29 is 59.1 Å². The summed E-state index contributed by atoms with van der Waals surface area (Å²) in [5.74, 6) is 14.4. The zero-order valence-electron chi connectivity index (χ0n) is 27.5. The van der Waals surface area contributed by atoms with Crippen LogP contribution in [0.4, 0.5) is 0 Å². The van der Waals surface area contributed by atoms with E-state index >= 15 is 0 Å². The van der Waals surface area contributed by atoms with Crippen molar-refractivity contribution in [1.29, 1.82) is 0 Å². The van der Waals surface area contributed by atoms with Crippen LogP contribution in [0.25, 0.3) is 0 Å². The van der Waals surface area contributed by atoms with E-state index in [1.807, 2.05) is 30.3 Å². The Morgan fingerprint density at radius 3 is 1.74 bits per heavy atom.